The molecule has 0 aliphatic heterocycles. The van der Waals surface area contributed by atoms with Gasteiger partial charge >= 0.3 is 5.97 Å². The molecule has 0 radical (unpaired) electrons. The summed E-state index contributed by atoms with van der Waals surface area (Å²) < 4.78 is 0. The van der Waals surface area contributed by atoms with Gasteiger partial charge in [-0.1, -0.05) is 6.42 Å². The van der Waals surface area contributed by atoms with Gasteiger partial charge in [0.05, 0.1) is 0 Å². The van der Waals surface area contributed by atoms with E-state index in [1.54, 1.807) is 0 Å². The Balaban J connectivity index is 0. The molecule has 0 heterocycles. The molecule has 0 bridgehead atoms. The van der Waals surface area contributed by atoms with E-state index in [-0.39, 0.29) is 17.0 Å². The molecule has 0 rings (SSSR count). The Bertz CT molecular complexity index is 118. The van der Waals surface area contributed by atoms with Crippen molar-refractivity contribution in [2.75, 3.05) is 20.6 Å². The van der Waals surface area contributed by atoms with Gasteiger partial charge in [0.15, 0.2) is 0 Å². The predicted molar refractivity (Wildman–Crippen MR) is 55.0 cm³/mol. The third-order valence-corrected chi connectivity index (χ3v) is 1.50. The Hall–Kier alpha value is -0.0900. The van der Waals surface area contributed by atoms with Gasteiger partial charge in [0, 0.05) is 6.42 Å². The van der Waals surface area contributed by atoms with E-state index in [1.165, 1.54) is 0 Å². The van der Waals surface area contributed by atoms with Crippen LogP contribution in [0.15, 0.2) is 0 Å². The van der Waals surface area contributed by atoms with Crippen molar-refractivity contribution >= 4 is 23.0 Å². The first kappa shape index (κ1) is 14.4. The topological polar surface area (TPSA) is 40.5 Å². The Morgan fingerprint density at radius 2 is 1.83 bits per heavy atom. The van der Waals surface area contributed by atoms with Gasteiger partial charge in [-0.2, -0.15) is 0 Å². The third kappa shape index (κ3) is 12.6. The highest BCUT2D eigenvalue weighted by atomic mass is 79.9. The highest BCUT2D eigenvalue weighted by molar-refractivity contribution is 8.93. The van der Waals surface area contributed by atoms with Crippen LogP contribution in [0.3, 0.4) is 0 Å². The molecule has 0 aliphatic rings. The summed E-state index contributed by atoms with van der Waals surface area (Å²) in [6.07, 6.45) is 3.24. The zero-order chi connectivity index (χ0) is 8.69. The molecule has 0 saturated carbocycles. The van der Waals surface area contributed by atoms with Gasteiger partial charge in [-0.05, 0) is 33.5 Å². The number of carboxylic acid groups (broad SMARTS) is 1. The second kappa shape index (κ2) is 9.00. The Morgan fingerprint density at radius 3 is 2.25 bits per heavy atom. The van der Waals surface area contributed by atoms with Crippen LogP contribution in [0.4, 0.5) is 0 Å². The second-order valence-electron chi connectivity index (χ2n) is 3.01. The van der Waals surface area contributed by atoms with Crippen molar-refractivity contribution in [2.45, 2.75) is 25.7 Å². The Labute approximate surface area is 84.5 Å². The molecule has 0 amide bonds. The van der Waals surface area contributed by atoms with Gasteiger partial charge in [-0.3, -0.25) is 4.79 Å². The maximum absolute atomic E-state index is 10.1. The van der Waals surface area contributed by atoms with Crippen LogP contribution in [0.25, 0.3) is 0 Å². The quantitative estimate of drug-likeness (QED) is 0.719. The molecule has 0 saturated heterocycles. The second-order valence-corrected chi connectivity index (χ2v) is 3.01. The number of hydrogen-bond donors (Lipinski definition) is 1. The maximum atomic E-state index is 10.1. The summed E-state index contributed by atoms with van der Waals surface area (Å²) in [5.41, 5.74) is 0. The van der Waals surface area contributed by atoms with E-state index in [2.05, 4.69) is 4.90 Å². The van der Waals surface area contributed by atoms with Crippen LogP contribution in [0.1, 0.15) is 25.7 Å². The van der Waals surface area contributed by atoms with Crippen LogP contribution in [0, 0.1) is 0 Å². The van der Waals surface area contributed by atoms with E-state index in [1.807, 2.05) is 14.1 Å². The summed E-state index contributed by atoms with van der Waals surface area (Å²) in [6, 6.07) is 0. The smallest absolute Gasteiger partial charge is 0.303 e. The minimum absolute atomic E-state index is 0. The zero-order valence-corrected chi connectivity index (χ0v) is 9.46. The third-order valence-electron chi connectivity index (χ3n) is 1.50. The molecule has 3 nitrogen and oxygen atoms in total. The van der Waals surface area contributed by atoms with E-state index < -0.39 is 5.97 Å². The Morgan fingerprint density at radius 1 is 1.25 bits per heavy atom. The first-order chi connectivity index (χ1) is 5.13. The summed E-state index contributed by atoms with van der Waals surface area (Å²) in [4.78, 5) is 12.2. The normalized spacial score (nSPS) is 9.58. The summed E-state index contributed by atoms with van der Waals surface area (Å²) in [5, 5.41) is 8.31. The average molecular weight is 240 g/mol. The van der Waals surface area contributed by atoms with Crippen LogP contribution < -0.4 is 0 Å². The van der Waals surface area contributed by atoms with E-state index in [0.29, 0.717) is 6.42 Å². The van der Waals surface area contributed by atoms with Crippen LogP contribution in [-0.4, -0.2) is 36.6 Å². The molecule has 0 fully saturated rings. The van der Waals surface area contributed by atoms with Crippen molar-refractivity contribution < 1.29 is 9.90 Å². The lowest BCUT2D eigenvalue weighted by Crippen LogP contribution is -2.12. The number of unbranched alkanes of at least 4 members (excludes halogenated alkanes) is 2. The summed E-state index contributed by atoms with van der Waals surface area (Å²) in [5.74, 6) is -0.685. The van der Waals surface area contributed by atoms with Crippen LogP contribution in [-0.2, 0) is 4.79 Å². The van der Waals surface area contributed by atoms with Crippen LogP contribution in [0.5, 0.6) is 0 Å². The molecular formula is C8H18BrNO2. The number of nitrogens with zero attached hydrogens (tertiary/aromatic N) is 1. The summed E-state index contributed by atoms with van der Waals surface area (Å²) >= 11 is 0. The van der Waals surface area contributed by atoms with E-state index >= 15 is 0 Å². The number of carboxylic acids is 1. The summed E-state index contributed by atoms with van der Waals surface area (Å²) in [6.45, 7) is 1.06. The van der Waals surface area contributed by atoms with E-state index in [9.17, 15) is 4.79 Å². The molecule has 0 aliphatic carbocycles. The molecular weight excluding hydrogens is 222 g/mol. The van der Waals surface area contributed by atoms with E-state index in [4.69, 9.17) is 5.11 Å². The fraction of sp³-hybridized carbons (Fsp3) is 0.875. The molecule has 0 atom stereocenters. The maximum Gasteiger partial charge on any atom is 0.303 e. The molecule has 74 valence electrons. The van der Waals surface area contributed by atoms with Crippen LogP contribution >= 0.6 is 17.0 Å². The largest absolute Gasteiger partial charge is 0.481 e. The predicted octanol–water partition coefficient (Wildman–Crippen LogP) is 1.77. The van der Waals surface area contributed by atoms with Crippen molar-refractivity contribution in [1.29, 1.82) is 0 Å². The van der Waals surface area contributed by atoms with Gasteiger partial charge in [0.2, 0.25) is 0 Å². The van der Waals surface area contributed by atoms with Crippen molar-refractivity contribution in [3.63, 3.8) is 0 Å². The highest BCUT2D eigenvalue weighted by Crippen LogP contribution is 1.99. The molecule has 0 aromatic rings. The number of carbonyl (C=O) groups is 1. The van der Waals surface area contributed by atoms with Gasteiger partial charge in [0.25, 0.3) is 0 Å². The number of hydrogen-bond acceptors (Lipinski definition) is 2. The SMILES string of the molecule is Br.CN(C)CCCCCC(=O)O. The van der Waals surface area contributed by atoms with Gasteiger partial charge in [-0.25, -0.2) is 0 Å². The molecule has 0 unspecified atom stereocenters. The number of aliphatic carboxylic acids is 1. The number of halogens is 1. The molecule has 1 N–H and O–H groups in total. The molecule has 12 heavy (non-hydrogen) atoms. The lowest BCUT2D eigenvalue weighted by molar-refractivity contribution is -0.137. The van der Waals surface area contributed by atoms with Crippen molar-refractivity contribution in [3.8, 4) is 0 Å². The monoisotopic (exact) mass is 239 g/mol. The van der Waals surface area contributed by atoms with Gasteiger partial charge in [0.1, 0.15) is 0 Å². The van der Waals surface area contributed by atoms with Crippen molar-refractivity contribution in [3.05, 3.63) is 0 Å². The van der Waals surface area contributed by atoms with Gasteiger partial charge in [-0.15, -0.1) is 17.0 Å². The fourth-order valence-electron chi connectivity index (χ4n) is 0.881. The first-order valence-corrected chi connectivity index (χ1v) is 3.99. The molecule has 0 spiro atoms. The molecule has 0 aromatic heterocycles. The average Bonchev–Trinajstić information content (AvgIpc) is 1.85. The Kier molecular flexibility index (Phi) is 10.8. The lowest BCUT2D eigenvalue weighted by atomic mass is 10.2. The minimum Gasteiger partial charge on any atom is -0.481 e. The molecule has 0 aromatic carbocycles. The van der Waals surface area contributed by atoms with Crippen LogP contribution in [0.2, 0.25) is 0 Å². The standard InChI is InChI=1S/C8H17NO2.BrH/c1-9(2)7-5-3-4-6-8(10)11;/h3-7H2,1-2H3,(H,10,11);1H. The van der Waals surface area contributed by atoms with Crippen molar-refractivity contribution in [1.82, 2.24) is 4.90 Å². The minimum atomic E-state index is -0.685. The van der Waals surface area contributed by atoms with Gasteiger partial charge < -0.3 is 10.0 Å². The summed E-state index contributed by atoms with van der Waals surface area (Å²) in [7, 11) is 4.05. The zero-order valence-electron chi connectivity index (χ0n) is 7.75. The highest BCUT2D eigenvalue weighted by Gasteiger charge is 1.96. The number of rotatable bonds is 6. The fourth-order valence-corrected chi connectivity index (χ4v) is 0.881. The lowest BCUT2D eigenvalue weighted by Gasteiger charge is -2.07. The molecule has 4 heteroatoms. The van der Waals surface area contributed by atoms with Crippen molar-refractivity contribution in [2.24, 2.45) is 0 Å². The first-order valence-electron chi connectivity index (χ1n) is 3.99. The van der Waals surface area contributed by atoms with E-state index in [0.717, 1.165) is 25.8 Å².